The molecular formula is C22H22N2O3. The molecule has 0 fully saturated rings. The number of amides is 1. The second-order valence-electron chi connectivity index (χ2n) is 6.16. The molecule has 0 saturated heterocycles. The SMILES string of the molecule is COc1cc(N(C)Cc2ccc(Oc3ccccc3)cc2)ccc1C(N)=O. The van der Waals surface area contributed by atoms with Crippen LogP contribution < -0.4 is 20.1 Å². The van der Waals surface area contributed by atoms with Gasteiger partial charge in [0, 0.05) is 25.3 Å². The predicted molar refractivity (Wildman–Crippen MR) is 107 cm³/mol. The van der Waals surface area contributed by atoms with E-state index in [2.05, 4.69) is 4.90 Å². The Balaban J connectivity index is 1.69. The van der Waals surface area contributed by atoms with Crippen LogP contribution in [0.1, 0.15) is 15.9 Å². The van der Waals surface area contributed by atoms with Crippen molar-refractivity contribution in [3.05, 3.63) is 83.9 Å². The third-order valence-electron chi connectivity index (χ3n) is 4.21. The Morgan fingerprint density at radius 3 is 2.26 bits per heavy atom. The molecule has 5 heteroatoms. The van der Waals surface area contributed by atoms with E-state index < -0.39 is 5.91 Å². The topological polar surface area (TPSA) is 64.8 Å². The number of hydrogen-bond acceptors (Lipinski definition) is 4. The van der Waals surface area contributed by atoms with Gasteiger partial charge in [0.1, 0.15) is 17.2 Å². The van der Waals surface area contributed by atoms with Crippen LogP contribution in [0.5, 0.6) is 17.2 Å². The fraction of sp³-hybridized carbons (Fsp3) is 0.136. The minimum absolute atomic E-state index is 0.372. The molecule has 138 valence electrons. The van der Waals surface area contributed by atoms with Crippen LogP contribution in [-0.4, -0.2) is 20.1 Å². The van der Waals surface area contributed by atoms with Gasteiger partial charge >= 0.3 is 0 Å². The van der Waals surface area contributed by atoms with Crippen LogP contribution in [0.15, 0.2) is 72.8 Å². The summed E-state index contributed by atoms with van der Waals surface area (Å²) in [6.07, 6.45) is 0. The molecule has 5 nitrogen and oxygen atoms in total. The van der Waals surface area contributed by atoms with Gasteiger partial charge in [0.25, 0.3) is 5.91 Å². The molecule has 0 saturated carbocycles. The molecule has 3 aromatic rings. The van der Waals surface area contributed by atoms with E-state index in [9.17, 15) is 4.79 Å². The van der Waals surface area contributed by atoms with Crippen LogP contribution in [0.4, 0.5) is 5.69 Å². The van der Waals surface area contributed by atoms with E-state index in [1.807, 2.05) is 73.8 Å². The van der Waals surface area contributed by atoms with Crippen molar-refractivity contribution in [1.29, 1.82) is 0 Å². The van der Waals surface area contributed by atoms with Gasteiger partial charge in [0.05, 0.1) is 12.7 Å². The van der Waals surface area contributed by atoms with E-state index >= 15 is 0 Å². The summed E-state index contributed by atoms with van der Waals surface area (Å²) in [7, 11) is 3.50. The Morgan fingerprint density at radius 1 is 0.963 bits per heavy atom. The number of nitrogens with zero attached hydrogens (tertiary/aromatic N) is 1. The van der Waals surface area contributed by atoms with Gasteiger partial charge in [-0.3, -0.25) is 4.79 Å². The molecule has 0 bridgehead atoms. The molecule has 0 aliphatic heterocycles. The van der Waals surface area contributed by atoms with Crippen molar-refractivity contribution in [2.75, 3.05) is 19.1 Å². The maximum atomic E-state index is 11.4. The lowest BCUT2D eigenvalue weighted by Crippen LogP contribution is -2.17. The number of rotatable bonds is 7. The van der Waals surface area contributed by atoms with Crippen LogP contribution in [0.25, 0.3) is 0 Å². The van der Waals surface area contributed by atoms with E-state index in [0.717, 1.165) is 22.7 Å². The van der Waals surface area contributed by atoms with Gasteiger partial charge in [0.2, 0.25) is 0 Å². The van der Waals surface area contributed by atoms with Crippen LogP contribution in [-0.2, 0) is 6.54 Å². The molecule has 0 heterocycles. The Kier molecular flexibility index (Phi) is 5.61. The van der Waals surface area contributed by atoms with Gasteiger partial charge in [0.15, 0.2) is 0 Å². The zero-order valence-electron chi connectivity index (χ0n) is 15.4. The van der Waals surface area contributed by atoms with Gasteiger partial charge in [-0.1, -0.05) is 30.3 Å². The molecular weight excluding hydrogens is 340 g/mol. The summed E-state index contributed by atoms with van der Waals surface area (Å²) in [5, 5.41) is 0. The van der Waals surface area contributed by atoms with Crippen LogP contribution in [0.2, 0.25) is 0 Å². The smallest absolute Gasteiger partial charge is 0.252 e. The lowest BCUT2D eigenvalue weighted by atomic mass is 10.1. The number of para-hydroxylation sites is 1. The summed E-state index contributed by atoms with van der Waals surface area (Å²) in [6, 6.07) is 23.0. The monoisotopic (exact) mass is 362 g/mol. The highest BCUT2D eigenvalue weighted by Crippen LogP contribution is 2.26. The molecule has 0 aromatic heterocycles. The van der Waals surface area contributed by atoms with Gasteiger partial charge < -0.3 is 20.1 Å². The molecule has 0 atom stereocenters. The Morgan fingerprint density at radius 2 is 1.63 bits per heavy atom. The average molecular weight is 362 g/mol. The summed E-state index contributed by atoms with van der Waals surface area (Å²) in [6.45, 7) is 0.699. The van der Waals surface area contributed by atoms with Gasteiger partial charge in [-0.25, -0.2) is 0 Å². The zero-order chi connectivity index (χ0) is 19.2. The molecule has 27 heavy (non-hydrogen) atoms. The number of hydrogen-bond donors (Lipinski definition) is 1. The first-order valence-corrected chi connectivity index (χ1v) is 8.57. The maximum absolute atomic E-state index is 11.4. The number of carbonyl (C=O) groups is 1. The number of benzene rings is 3. The molecule has 3 aromatic carbocycles. The second-order valence-corrected chi connectivity index (χ2v) is 6.16. The number of primary amides is 1. The van der Waals surface area contributed by atoms with Gasteiger partial charge in [-0.2, -0.15) is 0 Å². The highest BCUT2D eigenvalue weighted by Gasteiger charge is 2.11. The second kappa shape index (κ2) is 8.27. The molecule has 0 aliphatic rings. The minimum atomic E-state index is -0.505. The van der Waals surface area contributed by atoms with Crippen LogP contribution in [0.3, 0.4) is 0 Å². The zero-order valence-corrected chi connectivity index (χ0v) is 15.4. The number of methoxy groups -OCH3 is 1. The summed E-state index contributed by atoms with van der Waals surface area (Å²) in [5.74, 6) is 1.57. The Bertz CT molecular complexity index is 909. The first kappa shape index (κ1) is 18.3. The maximum Gasteiger partial charge on any atom is 0.252 e. The van der Waals surface area contributed by atoms with Gasteiger partial charge in [-0.05, 0) is 42.0 Å². The van der Waals surface area contributed by atoms with E-state index in [0.29, 0.717) is 17.9 Å². The number of carbonyl (C=O) groups excluding carboxylic acids is 1. The summed E-state index contributed by atoms with van der Waals surface area (Å²) < 4.78 is 11.1. The van der Waals surface area contributed by atoms with Crippen molar-refractivity contribution in [2.45, 2.75) is 6.54 Å². The van der Waals surface area contributed by atoms with Crippen molar-refractivity contribution in [2.24, 2.45) is 5.73 Å². The quantitative estimate of drug-likeness (QED) is 0.683. The van der Waals surface area contributed by atoms with Crippen molar-refractivity contribution >= 4 is 11.6 Å². The Hall–Kier alpha value is -3.47. The standard InChI is InChI=1S/C22H22N2O3/c1-24(17-10-13-20(22(23)25)21(14-17)26-2)15-16-8-11-19(12-9-16)27-18-6-4-3-5-7-18/h3-14H,15H2,1-2H3,(H2,23,25). The summed E-state index contributed by atoms with van der Waals surface area (Å²) in [4.78, 5) is 13.5. The first-order valence-electron chi connectivity index (χ1n) is 8.57. The normalized spacial score (nSPS) is 10.3. The molecule has 0 spiro atoms. The van der Waals surface area contributed by atoms with E-state index in [1.54, 1.807) is 6.07 Å². The van der Waals surface area contributed by atoms with Crippen molar-refractivity contribution in [1.82, 2.24) is 0 Å². The van der Waals surface area contributed by atoms with E-state index in [4.69, 9.17) is 15.2 Å². The molecule has 0 unspecified atom stereocenters. The number of anilines is 1. The predicted octanol–water partition coefficient (Wildman–Crippen LogP) is 4.22. The molecule has 0 aliphatic carbocycles. The molecule has 3 rings (SSSR count). The Labute approximate surface area is 158 Å². The van der Waals surface area contributed by atoms with Crippen LogP contribution >= 0.6 is 0 Å². The largest absolute Gasteiger partial charge is 0.496 e. The van der Waals surface area contributed by atoms with Crippen molar-refractivity contribution < 1.29 is 14.3 Å². The highest BCUT2D eigenvalue weighted by molar-refractivity contribution is 5.96. The van der Waals surface area contributed by atoms with E-state index in [1.165, 1.54) is 7.11 Å². The van der Waals surface area contributed by atoms with Crippen LogP contribution in [0, 0.1) is 0 Å². The highest BCUT2D eigenvalue weighted by atomic mass is 16.5. The van der Waals surface area contributed by atoms with Gasteiger partial charge in [-0.15, -0.1) is 0 Å². The lowest BCUT2D eigenvalue weighted by molar-refractivity contribution is 0.0997. The lowest BCUT2D eigenvalue weighted by Gasteiger charge is -2.21. The molecule has 1 amide bonds. The average Bonchev–Trinajstić information content (AvgIpc) is 2.69. The fourth-order valence-electron chi connectivity index (χ4n) is 2.77. The fourth-order valence-corrected chi connectivity index (χ4v) is 2.77. The first-order chi connectivity index (χ1) is 13.1. The number of ether oxygens (including phenoxy) is 2. The number of nitrogens with two attached hydrogens (primary N) is 1. The third-order valence-corrected chi connectivity index (χ3v) is 4.21. The molecule has 2 N–H and O–H groups in total. The summed E-state index contributed by atoms with van der Waals surface area (Å²) in [5.41, 5.74) is 7.80. The third kappa shape index (κ3) is 4.58. The van der Waals surface area contributed by atoms with E-state index in [-0.39, 0.29) is 0 Å². The van der Waals surface area contributed by atoms with Crippen molar-refractivity contribution in [3.63, 3.8) is 0 Å². The minimum Gasteiger partial charge on any atom is -0.496 e. The molecule has 0 radical (unpaired) electrons. The summed E-state index contributed by atoms with van der Waals surface area (Å²) >= 11 is 0. The van der Waals surface area contributed by atoms with Crippen molar-refractivity contribution in [3.8, 4) is 17.2 Å².